The number of ether oxygens (including phenoxy) is 1. The second kappa shape index (κ2) is 9.58. The summed E-state index contributed by atoms with van der Waals surface area (Å²) in [4.78, 5) is 14.2. The summed E-state index contributed by atoms with van der Waals surface area (Å²) < 4.78 is 6.20. The summed E-state index contributed by atoms with van der Waals surface area (Å²) in [7, 11) is 0. The van der Waals surface area contributed by atoms with E-state index in [2.05, 4.69) is 60.6 Å². The fourth-order valence-corrected chi connectivity index (χ4v) is 12.6. The molecule has 0 bridgehead atoms. The topological polar surface area (TPSA) is 46.5 Å². The molecule has 40 heavy (non-hydrogen) atoms. The van der Waals surface area contributed by atoms with Gasteiger partial charge in [0.05, 0.1) is 11.5 Å². The Morgan fingerprint density at radius 1 is 0.850 bits per heavy atom. The quantitative estimate of drug-likeness (QED) is 0.382. The highest BCUT2D eigenvalue weighted by Crippen LogP contribution is 2.77. The summed E-state index contributed by atoms with van der Waals surface area (Å²) in [6.07, 6.45) is 11.3. The van der Waals surface area contributed by atoms with Crippen molar-refractivity contribution in [3.8, 4) is 0 Å². The Kier molecular flexibility index (Phi) is 6.89. The molecule has 0 heterocycles. The highest BCUT2D eigenvalue weighted by Gasteiger charge is 2.72. The molecule has 0 saturated heterocycles. The van der Waals surface area contributed by atoms with E-state index in [4.69, 9.17) is 4.74 Å². The predicted molar refractivity (Wildman–Crippen MR) is 161 cm³/mol. The standard InChI is InChI=1S/C37H56O3/c1-24(2)26-15-20-37(32(39)40-23-25-11-9-8-10-12-25)22-21-35(6)27(31(26)37)13-14-29-34(5)18-17-30(38)33(3,4)28(34)16-19-36(29,35)7/h8-12,24,26-31,38H,13-23H2,1-7H3/t26-,27?,28-,29+,30-,31+,34-,35+,36+,37-/m0/s1. The second-order valence-electron chi connectivity index (χ2n) is 16.7. The molecular weight excluding hydrogens is 492 g/mol. The summed E-state index contributed by atoms with van der Waals surface area (Å²) in [5.41, 5.74) is 1.58. The zero-order chi connectivity index (χ0) is 28.7. The normalized spacial score (nSPS) is 47.5. The minimum absolute atomic E-state index is 0.00942. The molecule has 3 heteroatoms. The van der Waals surface area contributed by atoms with Gasteiger partial charge in [-0.1, -0.05) is 78.8 Å². The molecule has 5 saturated carbocycles. The Labute approximate surface area is 244 Å². The average molecular weight is 549 g/mol. The SMILES string of the molecule is CC(C)[C@@H]1CC[C@]2(C(=O)OCc3ccccc3)CC[C@]3(C)C(CC[C@@H]4[C@@]5(C)CC[C@H](O)C(C)(C)[C@@H]5CC[C@]43C)[C@@H]12. The van der Waals surface area contributed by atoms with Gasteiger partial charge in [-0.25, -0.2) is 0 Å². The van der Waals surface area contributed by atoms with Gasteiger partial charge in [0.1, 0.15) is 6.61 Å². The molecule has 222 valence electrons. The van der Waals surface area contributed by atoms with E-state index in [9.17, 15) is 9.90 Å². The molecule has 0 radical (unpaired) electrons. The van der Waals surface area contributed by atoms with Gasteiger partial charge in [0, 0.05) is 0 Å². The van der Waals surface area contributed by atoms with E-state index in [1.807, 2.05) is 18.2 Å². The highest BCUT2D eigenvalue weighted by molar-refractivity contribution is 5.78. The van der Waals surface area contributed by atoms with Crippen LogP contribution in [-0.2, 0) is 16.1 Å². The maximum Gasteiger partial charge on any atom is 0.312 e. The van der Waals surface area contributed by atoms with Crippen molar-refractivity contribution in [2.24, 2.45) is 62.6 Å². The number of fused-ring (bicyclic) bond motifs is 7. The number of benzene rings is 1. The van der Waals surface area contributed by atoms with Gasteiger partial charge in [-0.3, -0.25) is 4.79 Å². The highest BCUT2D eigenvalue weighted by atomic mass is 16.5. The lowest BCUT2D eigenvalue weighted by Gasteiger charge is -2.72. The van der Waals surface area contributed by atoms with E-state index >= 15 is 0 Å². The first-order valence-electron chi connectivity index (χ1n) is 16.7. The van der Waals surface area contributed by atoms with Crippen LogP contribution in [0, 0.1) is 62.6 Å². The van der Waals surface area contributed by atoms with Crippen molar-refractivity contribution < 1.29 is 14.6 Å². The molecule has 1 aromatic rings. The second-order valence-corrected chi connectivity index (χ2v) is 16.7. The van der Waals surface area contributed by atoms with Crippen LogP contribution in [0.2, 0.25) is 0 Å². The number of hydrogen-bond acceptors (Lipinski definition) is 3. The van der Waals surface area contributed by atoms with Crippen LogP contribution in [0.1, 0.15) is 118 Å². The van der Waals surface area contributed by atoms with Crippen molar-refractivity contribution in [1.82, 2.24) is 0 Å². The summed E-state index contributed by atoms with van der Waals surface area (Å²) in [5.74, 6) is 3.60. The molecule has 5 aliphatic rings. The van der Waals surface area contributed by atoms with Crippen LogP contribution in [0.25, 0.3) is 0 Å². The van der Waals surface area contributed by atoms with Gasteiger partial charge in [-0.05, 0) is 127 Å². The lowest BCUT2D eigenvalue weighted by Crippen LogP contribution is -2.67. The molecular formula is C37H56O3. The molecule has 3 nitrogen and oxygen atoms in total. The minimum Gasteiger partial charge on any atom is -0.460 e. The fraction of sp³-hybridized carbons (Fsp3) is 0.811. The number of esters is 1. The Morgan fingerprint density at radius 3 is 2.27 bits per heavy atom. The molecule has 1 N–H and O–H groups in total. The van der Waals surface area contributed by atoms with Crippen LogP contribution in [0.15, 0.2) is 30.3 Å². The summed E-state index contributed by atoms with van der Waals surface area (Å²) in [6.45, 7) is 17.8. The molecule has 0 aromatic heterocycles. The monoisotopic (exact) mass is 548 g/mol. The summed E-state index contributed by atoms with van der Waals surface area (Å²) in [5, 5.41) is 11.0. The molecule has 1 aromatic carbocycles. The van der Waals surface area contributed by atoms with Gasteiger partial charge in [0.2, 0.25) is 0 Å². The Hall–Kier alpha value is -1.35. The molecule has 10 atom stereocenters. The van der Waals surface area contributed by atoms with Gasteiger partial charge in [0.15, 0.2) is 0 Å². The smallest absolute Gasteiger partial charge is 0.312 e. The van der Waals surface area contributed by atoms with Crippen molar-refractivity contribution in [2.75, 3.05) is 0 Å². The number of aliphatic hydroxyl groups excluding tert-OH is 1. The van der Waals surface area contributed by atoms with E-state index in [1.165, 1.54) is 32.1 Å². The first kappa shape index (κ1) is 28.8. The number of carbonyl (C=O) groups is 1. The van der Waals surface area contributed by atoms with Crippen molar-refractivity contribution in [2.45, 2.75) is 125 Å². The lowest BCUT2D eigenvalue weighted by molar-refractivity contribution is -0.250. The van der Waals surface area contributed by atoms with Crippen LogP contribution >= 0.6 is 0 Å². The first-order chi connectivity index (χ1) is 18.8. The van der Waals surface area contributed by atoms with Crippen molar-refractivity contribution in [3.63, 3.8) is 0 Å². The average Bonchev–Trinajstić information content (AvgIpc) is 3.32. The minimum atomic E-state index is -0.310. The molecule has 1 unspecified atom stereocenters. The molecule has 0 spiro atoms. The summed E-state index contributed by atoms with van der Waals surface area (Å²) >= 11 is 0. The molecule has 0 amide bonds. The van der Waals surface area contributed by atoms with Gasteiger partial charge in [-0.2, -0.15) is 0 Å². The fourth-order valence-electron chi connectivity index (χ4n) is 12.6. The third kappa shape index (κ3) is 3.80. The van der Waals surface area contributed by atoms with E-state index in [1.54, 1.807) is 0 Å². The maximum atomic E-state index is 14.2. The molecule has 5 aliphatic carbocycles. The maximum absolute atomic E-state index is 14.2. The molecule has 0 aliphatic heterocycles. The predicted octanol–water partition coefficient (Wildman–Crippen LogP) is 8.83. The van der Waals surface area contributed by atoms with Crippen LogP contribution < -0.4 is 0 Å². The molecule has 6 rings (SSSR count). The Balaban J connectivity index is 1.33. The Morgan fingerprint density at radius 2 is 1.57 bits per heavy atom. The van der Waals surface area contributed by atoms with Crippen LogP contribution in [0.3, 0.4) is 0 Å². The van der Waals surface area contributed by atoms with Crippen molar-refractivity contribution in [1.29, 1.82) is 0 Å². The zero-order valence-electron chi connectivity index (χ0n) is 26.5. The van der Waals surface area contributed by atoms with Crippen LogP contribution in [-0.4, -0.2) is 17.2 Å². The van der Waals surface area contributed by atoms with E-state index < -0.39 is 0 Å². The number of aliphatic hydroxyl groups is 1. The lowest BCUT2D eigenvalue weighted by atomic mass is 9.32. The van der Waals surface area contributed by atoms with E-state index in [-0.39, 0.29) is 33.7 Å². The van der Waals surface area contributed by atoms with Gasteiger partial charge < -0.3 is 9.84 Å². The largest absolute Gasteiger partial charge is 0.460 e. The summed E-state index contributed by atoms with van der Waals surface area (Å²) in [6, 6.07) is 10.2. The van der Waals surface area contributed by atoms with Crippen LogP contribution in [0.4, 0.5) is 0 Å². The van der Waals surface area contributed by atoms with Gasteiger partial charge in [-0.15, -0.1) is 0 Å². The third-order valence-corrected chi connectivity index (χ3v) is 14.9. The van der Waals surface area contributed by atoms with Gasteiger partial charge in [0.25, 0.3) is 0 Å². The van der Waals surface area contributed by atoms with Gasteiger partial charge >= 0.3 is 5.97 Å². The third-order valence-electron chi connectivity index (χ3n) is 14.9. The molecule has 5 fully saturated rings. The number of hydrogen-bond donors (Lipinski definition) is 1. The first-order valence-corrected chi connectivity index (χ1v) is 16.7. The number of rotatable bonds is 4. The zero-order valence-corrected chi connectivity index (χ0v) is 26.5. The van der Waals surface area contributed by atoms with Crippen molar-refractivity contribution in [3.05, 3.63) is 35.9 Å². The van der Waals surface area contributed by atoms with Crippen molar-refractivity contribution >= 4 is 5.97 Å². The van der Waals surface area contributed by atoms with E-state index in [0.29, 0.717) is 47.5 Å². The van der Waals surface area contributed by atoms with Crippen LogP contribution in [0.5, 0.6) is 0 Å². The van der Waals surface area contributed by atoms with E-state index in [0.717, 1.165) is 37.7 Å². The Bertz CT molecular complexity index is 1110. The number of carbonyl (C=O) groups excluding carboxylic acids is 1.